The van der Waals surface area contributed by atoms with Crippen molar-refractivity contribution in [1.29, 1.82) is 0 Å². The highest BCUT2D eigenvalue weighted by molar-refractivity contribution is 5.95. The van der Waals surface area contributed by atoms with Crippen molar-refractivity contribution in [3.63, 3.8) is 0 Å². The normalized spacial score (nSPS) is 15.6. The summed E-state index contributed by atoms with van der Waals surface area (Å²) in [6, 6.07) is 4.90. The summed E-state index contributed by atoms with van der Waals surface area (Å²) in [6.45, 7) is -0.0646. The van der Waals surface area contributed by atoms with Gasteiger partial charge < -0.3 is 15.7 Å². The third-order valence-electron chi connectivity index (χ3n) is 2.91. The zero-order valence-corrected chi connectivity index (χ0v) is 9.92. The number of benzene rings is 1. The van der Waals surface area contributed by atoms with Crippen LogP contribution in [-0.4, -0.2) is 36.4 Å². The summed E-state index contributed by atoms with van der Waals surface area (Å²) in [5, 5.41) is 14.0. The zero-order chi connectivity index (χ0) is 14.0. The molecule has 2 rings (SSSR count). The molecular weight excluding hydrogens is 261 g/mol. The maximum absolute atomic E-state index is 12.1. The predicted molar refractivity (Wildman–Crippen MR) is 63.0 cm³/mol. The minimum absolute atomic E-state index is 0.289. The number of nitrogens with one attached hydrogen (secondary N) is 2. The number of halogens is 3. The maximum Gasteiger partial charge on any atom is 0.416 e. The number of amides is 1. The monoisotopic (exact) mass is 274 g/mol. The van der Waals surface area contributed by atoms with Gasteiger partial charge in [0, 0.05) is 17.8 Å². The molecule has 1 unspecified atom stereocenters. The Balaban J connectivity index is 1.97. The Kier molecular flexibility index (Phi) is 3.66. The van der Waals surface area contributed by atoms with E-state index in [0.717, 1.165) is 24.2 Å². The van der Waals surface area contributed by atoms with Crippen molar-refractivity contribution in [1.82, 2.24) is 5.32 Å². The van der Waals surface area contributed by atoms with Gasteiger partial charge in [-0.3, -0.25) is 4.79 Å². The van der Waals surface area contributed by atoms with Crippen molar-refractivity contribution < 1.29 is 23.1 Å². The molecule has 0 saturated carbocycles. The molecular formula is C12H13F3N2O2. The van der Waals surface area contributed by atoms with Crippen molar-refractivity contribution >= 4 is 11.6 Å². The Labute approximate surface area is 107 Å². The third kappa shape index (κ3) is 3.17. The van der Waals surface area contributed by atoms with Crippen LogP contribution in [0.5, 0.6) is 0 Å². The molecule has 1 atom stereocenters. The number of aliphatic hydroxyl groups is 1. The number of anilines is 1. The second-order valence-electron chi connectivity index (χ2n) is 4.32. The summed E-state index contributed by atoms with van der Waals surface area (Å²) in [5.74, 6) is -0.627. The van der Waals surface area contributed by atoms with E-state index < -0.39 is 24.7 Å². The van der Waals surface area contributed by atoms with Crippen LogP contribution in [0.25, 0.3) is 0 Å². The van der Waals surface area contributed by atoms with Crippen LogP contribution in [0.3, 0.4) is 0 Å². The number of hydrogen-bond acceptors (Lipinski definition) is 3. The third-order valence-corrected chi connectivity index (χ3v) is 2.91. The number of rotatable bonds is 3. The number of carbonyl (C=O) groups excluding carboxylic acids is 1. The Morgan fingerprint density at radius 3 is 2.89 bits per heavy atom. The fraction of sp³-hybridized carbons (Fsp3) is 0.417. The van der Waals surface area contributed by atoms with Gasteiger partial charge in [-0.2, -0.15) is 13.2 Å². The molecule has 104 valence electrons. The van der Waals surface area contributed by atoms with Gasteiger partial charge in [-0.1, -0.05) is 0 Å². The summed E-state index contributed by atoms with van der Waals surface area (Å²) in [4.78, 5) is 11.7. The minimum atomic E-state index is -4.73. The van der Waals surface area contributed by atoms with Gasteiger partial charge in [0.2, 0.25) is 0 Å². The Bertz CT molecular complexity index is 488. The van der Waals surface area contributed by atoms with Crippen LogP contribution in [0, 0.1) is 0 Å². The van der Waals surface area contributed by atoms with E-state index in [1.807, 2.05) is 0 Å². The molecule has 1 aliphatic heterocycles. The van der Waals surface area contributed by atoms with E-state index in [9.17, 15) is 18.0 Å². The van der Waals surface area contributed by atoms with Gasteiger partial charge in [-0.15, -0.1) is 0 Å². The molecule has 7 heteroatoms. The van der Waals surface area contributed by atoms with Crippen LogP contribution < -0.4 is 10.6 Å². The molecule has 3 N–H and O–H groups in total. The summed E-state index contributed by atoms with van der Waals surface area (Å²) < 4.78 is 36.2. The molecule has 1 heterocycles. The number of carbonyl (C=O) groups is 1. The van der Waals surface area contributed by atoms with Crippen LogP contribution >= 0.6 is 0 Å². The largest absolute Gasteiger partial charge is 0.416 e. The van der Waals surface area contributed by atoms with Crippen molar-refractivity contribution in [2.45, 2.75) is 18.7 Å². The van der Waals surface area contributed by atoms with Gasteiger partial charge in [0.15, 0.2) is 6.10 Å². The van der Waals surface area contributed by atoms with Gasteiger partial charge in [-0.05, 0) is 30.2 Å². The molecule has 0 aromatic heterocycles. The Morgan fingerprint density at radius 1 is 1.47 bits per heavy atom. The quantitative estimate of drug-likeness (QED) is 0.778. The molecule has 0 aliphatic carbocycles. The van der Waals surface area contributed by atoms with Crippen LogP contribution in [0.15, 0.2) is 18.2 Å². The summed E-state index contributed by atoms with van der Waals surface area (Å²) in [6.07, 6.45) is -6.50. The van der Waals surface area contributed by atoms with Crippen molar-refractivity contribution in [3.05, 3.63) is 29.3 Å². The number of alkyl halides is 3. The van der Waals surface area contributed by atoms with Crippen LogP contribution in [0.2, 0.25) is 0 Å². The molecule has 0 bridgehead atoms. The fourth-order valence-corrected chi connectivity index (χ4v) is 1.85. The molecule has 0 saturated heterocycles. The second kappa shape index (κ2) is 5.08. The zero-order valence-electron chi connectivity index (χ0n) is 9.92. The van der Waals surface area contributed by atoms with Gasteiger partial charge in [0.05, 0.1) is 6.54 Å². The lowest BCUT2D eigenvalue weighted by atomic mass is 10.1. The van der Waals surface area contributed by atoms with E-state index in [4.69, 9.17) is 5.11 Å². The SMILES string of the molecule is O=C(NCC(O)C(F)(F)F)c1ccc2c(c1)CCN2. The van der Waals surface area contributed by atoms with Crippen LogP contribution in [0.4, 0.5) is 18.9 Å². The van der Waals surface area contributed by atoms with Gasteiger partial charge in [-0.25, -0.2) is 0 Å². The highest BCUT2D eigenvalue weighted by atomic mass is 19.4. The van der Waals surface area contributed by atoms with Crippen molar-refractivity contribution in [2.24, 2.45) is 0 Å². The smallest absolute Gasteiger partial charge is 0.384 e. The first kappa shape index (κ1) is 13.7. The lowest BCUT2D eigenvalue weighted by molar-refractivity contribution is -0.201. The number of hydrogen-bond donors (Lipinski definition) is 3. The predicted octanol–water partition coefficient (Wildman–Crippen LogP) is 1.31. The molecule has 1 aromatic carbocycles. The first-order chi connectivity index (χ1) is 8.88. The number of fused-ring (bicyclic) bond motifs is 1. The van der Waals surface area contributed by atoms with E-state index in [-0.39, 0.29) is 5.56 Å². The topological polar surface area (TPSA) is 61.4 Å². The van der Waals surface area contributed by atoms with E-state index in [0.29, 0.717) is 0 Å². The molecule has 1 aliphatic rings. The van der Waals surface area contributed by atoms with Crippen molar-refractivity contribution in [3.8, 4) is 0 Å². The van der Waals surface area contributed by atoms with E-state index in [2.05, 4.69) is 10.6 Å². The van der Waals surface area contributed by atoms with E-state index >= 15 is 0 Å². The molecule has 19 heavy (non-hydrogen) atoms. The molecule has 1 amide bonds. The lowest BCUT2D eigenvalue weighted by Crippen LogP contribution is -2.40. The second-order valence-corrected chi connectivity index (χ2v) is 4.32. The first-order valence-corrected chi connectivity index (χ1v) is 5.77. The molecule has 0 spiro atoms. The molecule has 4 nitrogen and oxygen atoms in total. The summed E-state index contributed by atoms with van der Waals surface area (Å²) in [7, 11) is 0. The highest BCUT2D eigenvalue weighted by Gasteiger charge is 2.38. The standard InChI is InChI=1S/C12H13F3N2O2/c13-12(14,15)10(18)6-17-11(19)8-1-2-9-7(5-8)3-4-16-9/h1-2,5,10,16,18H,3-4,6H2,(H,17,19). The lowest BCUT2D eigenvalue weighted by Gasteiger charge is -2.15. The first-order valence-electron chi connectivity index (χ1n) is 5.77. The van der Waals surface area contributed by atoms with Crippen molar-refractivity contribution in [2.75, 3.05) is 18.4 Å². The maximum atomic E-state index is 12.1. The van der Waals surface area contributed by atoms with Gasteiger partial charge in [0.25, 0.3) is 5.91 Å². The Hall–Kier alpha value is -1.76. The number of aliphatic hydroxyl groups excluding tert-OH is 1. The van der Waals surface area contributed by atoms with Gasteiger partial charge >= 0.3 is 6.18 Å². The van der Waals surface area contributed by atoms with Crippen LogP contribution in [-0.2, 0) is 6.42 Å². The van der Waals surface area contributed by atoms with E-state index in [1.165, 1.54) is 6.07 Å². The average Bonchev–Trinajstić information content (AvgIpc) is 2.81. The van der Waals surface area contributed by atoms with Gasteiger partial charge in [0.1, 0.15) is 0 Å². The summed E-state index contributed by atoms with van der Waals surface area (Å²) in [5.41, 5.74) is 2.19. The minimum Gasteiger partial charge on any atom is -0.384 e. The van der Waals surface area contributed by atoms with Crippen LogP contribution in [0.1, 0.15) is 15.9 Å². The Morgan fingerprint density at radius 2 is 2.21 bits per heavy atom. The average molecular weight is 274 g/mol. The fourth-order valence-electron chi connectivity index (χ4n) is 1.85. The van der Waals surface area contributed by atoms with E-state index in [1.54, 1.807) is 12.1 Å². The highest BCUT2D eigenvalue weighted by Crippen LogP contribution is 2.23. The molecule has 0 fully saturated rings. The summed E-state index contributed by atoms with van der Waals surface area (Å²) >= 11 is 0. The molecule has 1 aromatic rings. The molecule has 0 radical (unpaired) electrons.